The Bertz CT molecular complexity index is 533. The number of nitrogens with one attached hydrogen (secondary N) is 1. The molecule has 1 aromatic heterocycles. The molecular weight excluding hydrogens is 244 g/mol. The zero-order valence-corrected chi connectivity index (χ0v) is 10.8. The van der Waals surface area contributed by atoms with E-state index in [0.29, 0.717) is 24.5 Å². The minimum absolute atomic E-state index is 0.0621. The lowest BCUT2D eigenvalue weighted by atomic mass is 10.1. The van der Waals surface area contributed by atoms with E-state index >= 15 is 0 Å². The molecule has 3 rings (SSSR count). The summed E-state index contributed by atoms with van der Waals surface area (Å²) in [6.07, 6.45) is 0.105. The summed E-state index contributed by atoms with van der Waals surface area (Å²) < 4.78 is 5.72. The largest absolute Gasteiger partial charge is 0.373 e. The van der Waals surface area contributed by atoms with Crippen LogP contribution in [0.2, 0.25) is 0 Å². The number of ether oxygens (including phenoxy) is 1. The van der Waals surface area contributed by atoms with Crippen LogP contribution in [-0.2, 0) is 4.74 Å². The minimum atomic E-state index is -0.0621. The van der Waals surface area contributed by atoms with E-state index in [9.17, 15) is 4.79 Å². The number of amides is 1. The second-order valence-electron chi connectivity index (χ2n) is 5.06. The Hall–Kier alpha value is -1.84. The average molecular weight is 260 g/mol. The maximum absolute atomic E-state index is 12.3. The molecule has 0 aromatic carbocycles. The molecule has 100 valence electrons. The number of fused-ring (bicyclic) bond motifs is 1. The van der Waals surface area contributed by atoms with Gasteiger partial charge in [0, 0.05) is 19.6 Å². The van der Waals surface area contributed by atoms with Gasteiger partial charge in [-0.05, 0) is 19.2 Å². The van der Waals surface area contributed by atoms with Crippen LogP contribution in [0.4, 0.5) is 0 Å². The van der Waals surface area contributed by atoms with Crippen LogP contribution >= 0.6 is 0 Å². The van der Waals surface area contributed by atoms with E-state index in [-0.39, 0.29) is 18.1 Å². The Morgan fingerprint density at radius 1 is 1.53 bits per heavy atom. The summed E-state index contributed by atoms with van der Waals surface area (Å²) in [5, 5.41) is 8.77. The molecule has 2 atom stereocenters. The molecule has 6 nitrogen and oxygen atoms in total. The van der Waals surface area contributed by atoms with E-state index in [1.54, 1.807) is 17.0 Å². The molecule has 0 bridgehead atoms. The number of carbonyl (C=O) groups is 1. The normalized spacial score (nSPS) is 27.1. The second kappa shape index (κ2) is 4.68. The van der Waals surface area contributed by atoms with Gasteiger partial charge in [-0.1, -0.05) is 0 Å². The van der Waals surface area contributed by atoms with Gasteiger partial charge in [0.05, 0.1) is 18.8 Å². The molecule has 6 heteroatoms. The number of rotatable bonds is 1. The fraction of sp³-hybridized carbons (Fsp3) is 0.538. The number of H-pyrrole nitrogens is 1. The summed E-state index contributed by atoms with van der Waals surface area (Å²) in [5.74, 6) is -0.0621. The quantitative estimate of drug-likeness (QED) is 0.774. The smallest absolute Gasteiger partial charge is 0.270 e. The molecule has 0 radical (unpaired) electrons. The number of morpholine rings is 1. The first-order valence-corrected chi connectivity index (χ1v) is 6.39. The van der Waals surface area contributed by atoms with E-state index < -0.39 is 0 Å². The summed E-state index contributed by atoms with van der Waals surface area (Å²) in [6.45, 7) is 2.93. The van der Waals surface area contributed by atoms with E-state index in [1.807, 2.05) is 6.07 Å². The molecule has 1 aromatic rings. The van der Waals surface area contributed by atoms with Gasteiger partial charge in [-0.15, -0.1) is 0 Å². The predicted octanol–water partition coefficient (Wildman–Crippen LogP) is 0.0414. The Kier molecular flexibility index (Phi) is 3.01. The molecule has 0 spiro atoms. The summed E-state index contributed by atoms with van der Waals surface area (Å²) in [5.41, 5.74) is 0.881. The Morgan fingerprint density at radius 3 is 3.05 bits per heavy atom. The average Bonchev–Trinajstić information content (AvgIpc) is 3.05. The summed E-state index contributed by atoms with van der Waals surface area (Å²) in [4.78, 5) is 19.2. The Labute approximate surface area is 111 Å². The lowest BCUT2D eigenvalue weighted by Gasteiger charge is -2.33. The van der Waals surface area contributed by atoms with Gasteiger partial charge in [0.1, 0.15) is 17.5 Å². The van der Waals surface area contributed by atoms with Crippen molar-refractivity contribution in [2.24, 2.45) is 0 Å². The van der Waals surface area contributed by atoms with Crippen LogP contribution in [0, 0.1) is 11.3 Å². The maximum Gasteiger partial charge on any atom is 0.270 e. The van der Waals surface area contributed by atoms with Crippen molar-refractivity contribution in [2.45, 2.75) is 12.1 Å². The molecule has 2 unspecified atom stereocenters. The number of carbonyl (C=O) groups excluding carboxylic acids is 1. The van der Waals surface area contributed by atoms with Crippen LogP contribution in [0.15, 0.2) is 12.1 Å². The van der Waals surface area contributed by atoms with Crippen molar-refractivity contribution in [3.8, 4) is 6.07 Å². The van der Waals surface area contributed by atoms with Crippen LogP contribution in [0.3, 0.4) is 0 Å². The van der Waals surface area contributed by atoms with Gasteiger partial charge in [-0.3, -0.25) is 9.69 Å². The number of likely N-dealkylation sites (tertiary alicyclic amines) is 1. The lowest BCUT2D eigenvalue weighted by molar-refractivity contribution is -0.0368. The Morgan fingerprint density at radius 2 is 2.37 bits per heavy atom. The van der Waals surface area contributed by atoms with E-state index in [4.69, 9.17) is 10.00 Å². The van der Waals surface area contributed by atoms with E-state index in [1.165, 1.54) is 0 Å². The molecule has 1 amide bonds. The molecular formula is C13H16N4O2. The number of hydrogen-bond donors (Lipinski definition) is 1. The topological polar surface area (TPSA) is 72.4 Å². The molecule has 2 aliphatic heterocycles. The molecule has 2 saturated heterocycles. The van der Waals surface area contributed by atoms with Crippen molar-refractivity contribution >= 4 is 5.91 Å². The van der Waals surface area contributed by atoms with E-state index in [2.05, 4.69) is 16.9 Å². The number of nitrogens with zero attached hydrogens (tertiary/aromatic N) is 3. The monoisotopic (exact) mass is 260 g/mol. The number of likely N-dealkylation sites (N-methyl/N-ethyl adjacent to an activating group) is 1. The van der Waals surface area contributed by atoms with Gasteiger partial charge < -0.3 is 14.6 Å². The first-order chi connectivity index (χ1) is 9.19. The molecule has 0 aliphatic carbocycles. The fourth-order valence-electron chi connectivity index (χ4n) is 2.78. The van der Waals surface area contributed by atoms with Crippen LogP contribution < -0.4 is 0 Å². The second-order valence-corrected chi connectivity index (χ2v) is 5.06. The molecule has 2 fully saturated rings. The minimum Gasteiger partial charge on any atom is -0.373 e. The van der Waals surface area contributed by atoms with Crippen molar-refractivity contribution < 1.29 is 9.53 Å². The third kappa shape index (κ3) is 2.11. The van der Waals surface area contributed by atoms with Crippen LogP contribution in [0.25, 0.3) is 0 Å². The zero-order chi connectivity index (χ0) is 13.4. The van der Waals surface area contributed by atoms with Crippen molar-refractivity contribution in [1.29, 1.82) is 5.26 Å². The first-order valence-electron chi connectivity index (χ1n) is 6.39. The highest BCUT2D eigenvalue weighted by atomic mass is 16.5. The molecule has 0 saturated carbocycles. The van der Waals surface area contributed by atoms with Gasteiger partial charge in [0.2, 0.25) is 0 Å². The van der Waals surface area contributed by atoms with Gasteiger partial charge in [-0.25, -0.2) is 0 Å². The van der Waals surface area contributed by atoms with E-state index in [0.717, 1.165) is 13.2 Å². The highest BCUT2D eigenvalue weighted by Crippen LogP contribution is 2.22. The summed E-state index contributed by atoms with van der Waals surface area (Å²) in [6, 6.07) is 5.56. The molecule has 1 N–H and O–H groups in total. The van der Waals surface area contributed by atoms with Gasteiger partial charge in [-0.2, -0.15) is 5.26 Å². The predicted molar refractivity (Wildman–Crippen MR) is 67.6 cm³/mol. The first kappa shape index (κ1) is 12.2. The molecule has 2 aliphatic rings. The fourth-order valence-corrected chi connectivity index (χ4v) is 2.78. The van der Waals surface area contributed by atoms with Crippen LogP contribution in [-0.4, -0.2) is 66.1 Å². The third-order valence-electron chi connectivity index (χ3n) is 3.90. The van der Waals surface area contributed by atoms with Crippen molar-refractivity contribution in [1.82, 2.24) is 14.8 Å². The van der Waals surface area contributed by atoms with Gasteiger partial charge in [0.15, 0.2) is 0 Å². The third-order valence-corrected chi connectivity index (χ3v) is 3.90. The highest BCUT2D eigenvalue weighted by molar-refractivity contribution is 5.93. The number of nitriles is 1. The summed E-state index contributed by atoms with van der Waals surface area (Å²) >= 11 is 0. The summed E-state index contributed by atoms with van der Waals surface area (Å²) in [7, 11) is 2.07. The van der Waals surface area contributed by atoms with Crippen molar-refractivity contribution in [3.05, 3.63) is 23.5 Å². The zero-order valence-electron chi connectivity index (χ0n) is 10.8. The molecule has 3 heterocycles. The Balaban J connectivity index is 1.73. The van der Waals surface area contributed by atoms with Gasteiger partial charge >= 0.3 is 0 Å². The lowest BCUT2D eigenvalue weighted by Crippen LogP contribution is -2.48. The van der Waals surface area contributed by atoms with Crippen LogP contribution in [0.1, 0.15) is 16.2 Å². The maximum atomic E-state index is 12.3. The van der Waals surface area contributed by atoms with Crippen molar-refractivity contribution in [3.63, 3.8) is 0 Å². The standard InChI is InChI=1S/C13H16N4O2/c1-16-4-5-19-12-8-17(7-11(12)16)13(18)10-3-2-9(6-14)15-10/h2-3,11-12,15H,4-5,7-8H2,1H3. The highest BCUT2D eigenvalue weighted by Gasteiger charge is 2.40. The molecule has 19 heavy (non-hydrogen) atoms. The van der Waals surface area contributed by atoms with Crippen LogP contribution in [0.5, 0.6) is 0 Å². The number of aromatic nitrogens is 1. The number of hydrogen-bond acceptors (Lipinski definition) is 4. The van der Waals surface area contributed by atoms with Crippen molar-refractivity contribution in [2.75, 3.05) is 33.3 Å². The SMILES string of the molecule is CN1CCOC2CN(C(=O)c3ccc(C#N)[nH]3)CC21. The number of aromatic amines is 1. The van der Waals surface area contributed by atoms with Gasteiger partial charge in [0.25, 0.3) is 5.91 Å².